The smallest absolute Gasteiger partial charge is 0.220 e. The normalized spacial score (nSPS) is 14.9. The van der Waals surface area contributed by atoms with Crippen LogP contribution in [0.5, 0.6) is 0 Å². The molecule has 0 bridgehead atoms. The number of nitrogens with one attached hydrogen (secondary N) is 1. The number of anilines is 1. The molecule has 0 atom stereocenters. The van der Waals surface area contributed by atoms with Gasteiger partial charge in [0, 0.05) is 18.2 Å². The number of carbonyl (C=O) groups is 1. The molecule has 1 aliphatic rings. The molecule has 1 fully saturated rings. The van der Waals surface area contributed by atoms with Crippen LogP contribution in [0.3, 0.4) is 0 Å². The summed E-state index contributed by atoms with van der Waals surface area (Å²) in [7, 11) is 0. The molecule has 1 aromatic rings. The molecule has 80 valence electrons. The fourth-order valence-corrected chi connectivity index (χ4v) is 1.53. The van der Waals surface area contributed by atoms with Gasteiger partial charge in [0.2, 0.25) is 5.91 Å². The van der Waals surface area contributed by atoms with Crippen molar-refractivity contribution in [2.24, 2.45) is 0 Å². The zero-order valence-corrected chi connectivity index (χ0v) is 8.70. The van der Waals surface area contributed by atoms with Gasteiger partial charge in [0.25, 0.3) is 0 Å². The maximum Gasteiger partial charge on any atom is 0.220 e. The summed E-state index contributed by atoms with van der Waals surface area (Å²) >= 11 is 0. The highest BCUT2D eigenvalue weighted by molar-refractivity contribution is 5.76. The van der Waals surface area contributed by atoms with E-state index < -0.39 is 0 Å². The molecule has 0 radical (unpaired) electrons. The standard InChI is InChI=1S/C12H16N2O/c13-10-3-1-2-9(8-10)4-7-12(15)14-11-5-6-11/h1-3,8,11H,4-7,13H2,(H,14,15). The van der Waals surface area contributed by atoms with E-state index >= 15 is 0 Å². The van der Waals surface area contributed by atoms with Gasteiger partial charge >= 0.3 is 0 Å². The van der Waals surface area contributed by atoms with E-state index in [2.05, 4.69) is 5.32 Å². The Bertz CT molecular complexity index is 358. The van der Waals surface area contributed by atoms with Gasteiger partial charge < -0.3 is 11.1 Å². The van der Waals surface area contributed by atoms with Crippen molar-refractivity contribution >= 4 is 11.6 Å². The number of nitrogens with two attached hydrogens (primary N) is 1. The molecule has 0 saturated heterocycles. The van der Waals surface area contributed by atoms with Crippen LogP contribution in [-0.2, 0) is 11.2 Å². The minimum Gasteiger partial charge on any atom is -0.399 e. The molecule has 1 saturated carbocycles. The summed E-state index contributed by atoms with van der Waals surface area (Å²) in [4.78, 5) is 11.4. The largest absolute Gasteiger partial charge is 0.399 e. The van der Waals surface area contributed by atoms with Crippen LogP contribution in [-0.4, -0.2) is 11.9 Å². The van der Waals surface area contributed by atoms with Crippen LogP contribution in [0.4, 0.5) is 5.69 Å². The lowest BCUT2D eigenvalue weighted by Gasteiger charge is -2.03. The van der Waals surface area contributed by atoms with Crippen LogP contribution in [0.15, 0.2) is 24.3 Å². The molecule has 1 amide bonds. The fraction of sp³-hybridized carbons (Fsp3) is 0.417. The predicted molar refractivity (Wildman–Crippen MR) is 60.3 cm³/mol. The lowest BCUT2D eigenvalue weighted by molar-refractivity contribution is -0.121. The van der Waals surface area contributed by atoms with E-state index in [9.17, 15) is 4.79 Å². The van der Waals surface area contributed by atoms with Gasteiger partial charge in [0.05, 0.1) is 0 Å². The van der Waals surface area contributed by atoms with E-state index in [1.807, 2.05) is 24.3 Å². The predicted octanol–water partition coefficient (Wildman–Crippen LogP) is 1.48. The molecule has 1 aromatic carbocycles. The molecular weight excluding hydrogens is 188 g/mol. The first-order valence-corrected chi connectivity index (χ1v) is 5.38. The maximum atomic E-state index is 11.4. The van der Waals surface area contributed by atoms with Crippen LogP contribution in [0.2, 0.25) is 0 Å². The molecule has 15 heavy (non-hydrogen) atoms. The third-order valence-corrected chi connectivity index (χ3v) is 2.53. The Labute approximate surface area is 89.7 Å². The zero-order chi connectivity index (χ0) is 10.7. The van der Waals surface area contributed by atoms with Crippen LogP contribution in [0.1, 0.15) is 24.8 Å². The molecule has 0 aromatic heterocycles. The van der Waals surface area contributed by atoms with Crippen LogP contribution >= 0.6 is 0 Å². The molecule has 2 rings (SSSR count). The van der Waals surface area contributed by atoms with E-state index in [1.54, 1.807) is 0 Å². The Morgan fingerprint density at radius 3 is 2.93 bits per heavy atom. The number of aryl methyl sites for hydroxylation is 1. The molecular formula is C12H16N2O. The first-order valence-electron chi connectivity index (χ1n) is 5.38. The summed E-state index contributed by atoms with van der Waals surface area (Å²) in [6.07, 6.45) is 3.61. The van der Waals surface area contributed by atoms with E-state index in [0.717, 1.165) is 30.5 Å². The number of benzene rings is 1. The Morgan fingerprint density at radius 1 is 1.47 bits per heavy atom. The van der Waals surface area contributed by atoms with Gasteiger partial charge in [-0.15, -0.1) is 0 Å². The Hall–Kier alpha value is -1.51. The molecule has 0 aliphatic heterocycles. The Morgan fingerprint density at radius 2 is 2.27 bits per heavy atom. The van der Waals surface area contributed by atoms with Gasteiger partial charge in [0.15, 0.2) is 0 Å². The molecule has 0 unspecified atom stereocenters. The van der Waals surface area contributed by atoms with Gasteiger partial charge in [-0.3, -0.25) is 4.79 Å². The average molecular weight is 204 g/mol. The second kappa shape index (κ2) is 4.34. The highest BCUT2D eigenvalue weighted by Gasteiger charge is 2.22. The number of rotatable bonds is 4. The molecule has 3 nitrogen and oxygen atoms in total. The second-order valence-electron chi connectivity index (χ2n) is 4.09. The minimum atomic E-state index is 0.153. The van der Waals surface area contributed by atoms with Crippen LogP contribution < -0.4 is 11.1 Å². The van der Waals surface area contributed by atoms with Crippen molar-refractivity contribution in [1.29, 1.82) is 0 Å². The lowest BCUT2D eigenvalue weighted by atomic mass is 10.1. The topological polar surface area (TPSA) is 55.1 Å². The van der Waals surface area contributed by atoms with Gasteiger partial charge in [-0.1, -0.05) is 12.1 Å². The first-order chi connectivity index (χ1) is 7.24. The third-order valence-electron chi connectivity index (χ3n) is 2.53. The van der Waals surface area contributed by atoms with Crippen molar-refractivity contribution in [1.82, 2.24) is 5.32 Å². The Balaban J connectivity index is 1.78. The number of carbonyl (C=O) groups excluding carboxylic acids is 1. The number of hydrogen-bond acceptors (Lipinski definition) is 2. The third kappa shape index (κ3) is 3.27. The molecule has 3 N–H and O–H groups in total. The SMILES string of the molecule is Nc1cccc(CCC(=O)NC2CC2)c1. The van der Waals surface area contributed by atoms with Crippen molar-refractivity contribution in [3.05, 3.63) is 29.8 Å². The molecule has 0 heterocycles. The average Bonchev–Trinajstić information content (AvgIpc) is 2.99. The zero-order valence-electron chi connectivity index (χ0n) is 8.70. The van der Waals surface area contributed by atoms with Crippen molar-refractivity contribution in [3.8, 4) is 0 Å². The van der Waals surface area contributed by atoms with Gasteiger partial charge in [-0.2, -0.15) is 0 Å². The number of amides is 1. The van der Waals surface area contributed by atoms with E-state index in [0.29, 0.717) is 12.5 Å². The highest BCUT2D eigenvalue weighted by Crippen LogP contribution is 2.18. The van der Waals surface area contributed by atoms with Crippen LogP contribution in [0.25, 0.3) is 0 Å². The van der Waals surface area contributed by atoms with Crippen molar-refractivity contribution in [2.75, 3.05) is 5.73 Å². The lowest BCUT2D eigenvalue weighted by Crippen LogP contribution is -2.25. The summed E-state index contributed by atoms with van der Waals surface area (Å²) in [5.41, 5.74) is 7.54. The van der Waals surface area contributed by atoms with Crippen molar-refractivity contribution in [3.63, 3.8) is 0 Å². The highest BCUT2D eigenvalue weighted by atomic mass is 16.1. The van der Waals surface area contributed by atoms with Crippen molar-refractivity contribution in [2.45, 2.75) is 31.7 Å². The van der Waals surface area contributed by atoms with Gasteiger partial charge in [-0.25, -0.2) is 0 Å². The molecule has 3 heteroatoms. The van der Waals surface area contributed by atoms with Crippen molar-refractivity contribution < 1.29 is 4.79 Å². The van der Waals surface area contributed by atoms with E-state index in [1.165, 1.54) is 0 Å². The second-order valence-corrected chi connectivity index (χ2v) is 4.09. The first kappa shape index (κ1) is 10.0. The quantitative estimate of drug-likeness (QED) is 0.730. The van der Waals surface area contributed by atoms with E-state index in [-0.39, 0.29) is 5.91 Å². The monoisotopic (exact) mass is 204 g/mol. The van der Waals surface area contributed by atoms with Gasteiger partial charge in [0.1, 0.15) is 0 Å². The Kier molecular flexibility index (Phi) is 2.90. The summed E-state index contributed by atoms with van der Waals surface area (Å²) in [6.45, 7) is 0. The maximum absolute atomic E-state index is 11.4. The summed E-state index contributed by atoms with van der Waals surface area (Å²) in [5.74, 6) is 0.153. The summed E-state index contributed by atoms with van der Waals surface area (Å²) in [6, 6.07) is 8.15. The number of hydrogen-bond donors (Lipinski definition) is 2. The molecule has 0 spiro atoms. The summed E-state index contributed by atoms with van der Waals surface area (Å²) < 4.78 is 0. The fourth-order valence-electron chi connectivity index (χ4n) is 1.53. The number of nitrogen functional groups attached to an aromatic ring is 1. The van der Waals surface area contributed by atoms with E-state index in [4.69, 9.17) is 5.73 Å². The minimum absolute atomic E-state index is 0.153. The van der Waals surface area contributed by atoms with Gasteiger partial charge in [-0.05, 0) is 37.0 Å². The molecule has 1 aliphatic carbocycles. The summed E-state index contributed by atoms with van der Waals surface area (Å²) in [5, 5.41) is 2.97. The van der Waals surface area contributed by atoms with Crippen LogP contribution in [0, 0.1) is 0 Å².